The number of nitrogens with zero attached hydrogens (tertiary/aromatic N) is 2. The van der Waals surface area contributed by atoms with Crippen LogP contribution in [-0.2, 0) is 6.18 Å². The first kappa shape index (κ1) is 12.7. The molecule has 0 saturated carbocycles. The molecule has 0 amide bonds. The van der Waals surface area contributed by atoms with Crippen LogP contribution in [0.25, 0.3) is 0 Å². The standard InChI is InChI=1S/C12H13F3N3/c1-11(2,3)10-16-9-6-7(12(13,14)15)4-5-8(9)17-18-10/h4-6,17H,1-3H3. The van der Waals surface area contributed by atoms with Gasteiger partial charge in [-0.25, -0.2) is 4.99 Å². The molecule has 0 aromatic heterocycles. The fraction of sp³-hybridized carbons (Fsp3) is 0.417. The SMILES string of the molecule is CC(C)(C)C1=Nc2cc(C(F)(F)F)ccc2N[N]1. The summed E-state index contributed by atoms with van der Waals surface area (Å²) in [6.07, 6.45) is -4.36. The summed E-state index contributed by atoms with van der Waals surface area (Å²) in [5.74, 6) is 0.481. The van der Waals surface area contributed by atoms with Crippen LogP contribution in [0.4, 0.5) is 24.5 Å². The van der Waals surface area contributed by atoms with Crippen molar-refractivity contribution in [1.82, 2.24) is 5.43 Å². The smallest absolute Gasteiger partial charge is 0.275 e. The van der Waals surface area contributed by atoms with Gasteiger partial charge < -0.3 is 0 Å². The van der Waals surface area contributed by atoms with Gasteiger partial charge in [0.05, 0.1) is 16.9 Å². The Bertz CT molecular complexity index is 498. The molecule has 0 saturated heterocycles. The van der Waals surface area contributed by atoms with Crippen molar-refractivity contribution in [3.63, 3.8) is 0 Å². The van der Waals surface area contributed by atoms with Crippen LogP contribution in [0.3, 0.4) is 0 Å². The van der Waals surface area contributed by atoms with E-state index in [2.05, 4.69) is 15.8 Å². The predicted octanol–water partition coefficient (Wildman–Crippen LogP) is 3.73. The third-order valence-electron chi connectivity index (χ3n) is 2.50. The molecule has 97 valence electrons. The zero-order valence-corrected chi connectivity index (χ0v) is 10.3. The van der Waals surface area contributed by atoms with Crippen molar-refractivity contribution in [1.29, 1.82) is 0 Å². The van der Waals surface area contributed by atoms with Gasteiger partial charge in [-0.05, 0) is 18.2 Å². The van der Waals surface area contributed by atoms with Crippen molar-refractivity contribution in [2.45, 2.75) is 26.9 Å². The summed E-state index contributed by atoms with van der Waals surface area (Å²) in [6, 6.07) is 3.38. The Morgan fingerprint density at radius 3 is 2.33 bits per heavy atom. The van der Waals surface area contributed by atoms with E-state index >= 15 is 0 Å². The zero-order chi connectivity index (χ0) is 13.6. The minimum Gasteiger partial charge on any atom is -0.275 e. The molecule has 0 fully saturated rings. The Hall–Kier alpha value is -1.72. The molecule has 6 heteroatoms. The molecule has 1 heterocycles. The van der Waals surface area contributed by atoms with Crippen molar-refractivity contribution in [3.8, 4) is 0 Å². The van der Waals surface area contributed by atoms with Gasteiger partial charge >= 0.3 is 6.18 Å². The highest BCUT2D eigenvalue weighted by Crippen LogP contribution is 2.37. The van der Waals surface area contributed by atoms with Crippen molar-refractivity contribution in [2.75, 3.05) is 5.43 Å². The number of rotatable bonds is 0. The maximum atomic E-state index is 12.6. The van der Waals surface area contributed by atoms with E-state index in [1.807, 2.05) is 20.8 Å². The minimum absolute atomic E-state index is 0.268. The number of hydrogen-bond acceptors (Lipinski definition) is 2. The van der Waals surface area contributed by atoms with Crippen molar-refractivity contribution in [2.24, 2.45) is 10.4 Å². The molecule has 1 aromatic carbocycles. The molecule has 0 spiro atoms. The fourth-order valence-corrected chi connectivity index (χ4v) is 1.48. The Balaban J connectivity index is 2.45. The Kier molecular flexibility index (Phi) is 2.76. The van der Waals surface area contributed by atoms with Gasteiger partial charge in [0.15, 0.2) is 5.84 Å². The molecule has 0 aliphatic carbocycles. The predicted molar refractivity (Wildman–Crippen MR) is 63.8 cm³/mol. The van der Waals surface area contributed by atoms with E-state index in [-0.39, 0.29) is 11.1 Å². The number of amidine groups is 1. The lowest BCUT2D eigenvalue weighted by molar-refractivity contribution is -0.137. The van der Waals surface area contributed by atoms with Gasteiger partial charge in [-0.2, -0.15) is 18.6 Å². The molecule has 0 atom stereocenters. The van der Waals surface area contributed by atoms with Crippen molar-refractivity contribution < 1.29 is 13.2 Å². The Morgan fingerprint density at radius 1 is 1.11 bits per heavy atom. The third-order valence-corrected chi connectivity index (χ3v) is 2.50. The first-order chi connectivity index (χ1) is 8.18. The first-order valence-electron chi connectivity index (χ1n) is 5.45. The largest absolute Gasteiger partial charge is 0.416 e. The maximum Gasteiger partial charge on any atom is 0.416 e. The zero-order valence-electron chi connectivity index (χ0n) is 10.3. The van der Waals surface area contributed by atoms with Gasteiger partial charge in [0.25, 0.3) is 0 Å². The number of halogens is 3. The molecule has 3 nitrogen and oxygen atoms in total. The minimum atomic E-state index is -4.36. The number of anilines is 1. The summed E-state index contributed by atoms with van der Waals surface area (Å²) in [6.45, 7) is 5.70. The maximum absolute atomic E-state index is 12.6. The second kappa shape index (κ2) is 3.90. The van der Waals surface area contributed by atoms with E-state index in [1.165, 1.54) is 6.07 Å². The highest BCUT2D eigenvalue weighted by atomic mass is 19.4. The molecule has 1 aliphatic rings. The first-order valence-corrected chi connectivity index (χ1v) is 5.45. The molecule has 1 aliphatic heterocycles. The number of benzene rings is 1. The summed E-state index contributed by atoms with van der Waals surface area (Å²) >= 11 is 0. The fourth-order valence-electron chi connectivity index (χ4n) is 1.48. The highest BCUT2D eigenvalue weighted by molar-refractivity contribution is 5.94. The van der Waals surface area contributed by atoms with E-state index in [0.29, 0.717) is 11.5 Å². The van der Waals surface area contributed by atoms with Gasteiger partial charge in [0.1, 0.15) is 0 Å². The molecular formula is C12H13F3N3. The van der Waals surface area contributed by atoms with Gasteiger partial charge in [-0.1, -0.05) is 20.8 Å². The van der Waals surface area contributed by atoms with Crippen LogP contribution in [0.2, 0.25) is 0 Å². The van der Waals surface area contributed by atoms with E-state index in [0.717, 1.165) is 12.1 Å². The van der Waals surface area contributed by atoms with E-state index in [9.17, 15) is 13.2 Å². The third kappa shape index (κ3) is 2.42. The topological polar surface area (TPSA) is 38.5 Å². The average Bonchev–Trinajstić information content (AvgIpc) is 2.25. The quantitative estimate of drug-likeness (QED) is 0.754. The molecule has 18 heavy (non-hydrogen) atoms. The highest BCUT2D eigenvalue weighted by Gasteiger charge is 2.32. The van der Waals surface area contributed by atoms with Crippen LogP contribution in [0.5, 0.6) is 0 Å². The molecule has 0 unspecified atom stereocenters. The molecule has 0 bridgehead atoms. The van der Waals surface area contributed by atoms with Gasteiger partial charge in [-0.3, -0.25) is 5.43 Å². The van der Waals surface area contributed by atoms with Gasteiger partial charge in [0, 0.05) is 5.41 Å². The van der Waals surface area contributed by atoms with Crippen LogP contribution in [-0.4, -0.2) is 5.84 Å². The molecule has 1 aromatic rings. The molecule has 1 radical (unpaired) electrons. The number of alkyl halides is 3. The average molecular weight is 256 g/mol. The van der Waals surface area contributed by atoms with Gasteiger partial charge in [0.2, 0.25) is 0 Å². The van der Waals surface area contributed by atoms with Crippen LogP contribution in [0, 0.1) is 5.41 Å². The number of nitrogens with one attached hydrogen (secondary N) is 1. The Morgan fingerprint density at radius 2 is 1.78 bits per heavy atom. The lowest BCUT2D eigenvalue weighted by Crippen LogP contribution is -2.35. The van der Waals surface area contributed by atoms with E-state index < -0.39 is 11.7 Å². The van der Waals surface area contributed by atoms with E-state index in [1.54, 1.807) is 0 Å². The lowest BCUT2D eigenvalue weighted by atomic mass is 9.95. The van der Waals surface area contributed by atoms with Crippen molar-refractivity contribution in [3.05, 3.63) is 23.8 Å². The normalized spacial score (nSPS) is 15.3. The van der Waals surface area contributed by atoms with Crippen LogP contribution >= 0.6 is 0 Å². The number of fused-ring (bicyclic) bond motifs is 1. The lowest BCUT2D eigenvalue weighted by Gasteiger charge is -2.25. The number of aliphatic imine (C=N–C) groups is 1. The summed E-state index contributed by atoms with van der Waals surface area (Å²) in [5.41, 5.74) is 6.50. The van der Waals surface area contributed by atoms with Gasteiger partial charge in [-0.15, -0.1) is 0 Å². The molecule has 1 N–H and O–H groups in total. The van der Waals surface area contributed by atoms with Crippen LogP contribution in [0.1, 0.15) is 26.3 Å². The van der Waals surface area contributed by atoms with E-state index in [4.69, 9.17) is 0 Å². The summed E-state index contributed by atoms with van der Waals surface area (Å²) in [4.78, 5) is 4.18. The number of hydrogen-bond donors (Lipinski definition) is 1. The second-order valence-corrected chi connectivity index (χ2v) is 5.14. The summed E-state index contributed by atoms with van der Waals surface area (Å²) in [7, 11) is 0. The molecule has 2 rings (SSSR count). The summed E-state index contributed by atoms with van der Waals surface area (Å²) < 4.78 is 37.8. The summed E-state index contributed by atoms with van der Waals surface area (Å²) in [5, 5.41) is 0. The molecular weight excluding hydrogens is 243 g/mol. The monoisotopic (exact) mass is 256 g/mol. The van der Waals surface area contributed by atoms with Crippen LogP contribution < -0.4 is 10.9 Å². The van der Waals surface area contributed by atoms with Crippen LogP contribution in [0.15, 0.2) is 23.2 Å². The van der Waals surface area contributed by atoms with Crippen molar-refractivity contribution >= 4 is 17.2 Å². The second-order valence-electron chi connectivity index (χ2n) is 5.14. The Labute approximate surface area is 103 Å².